The van der Waals surface area contributed by atoms with Gasteiger partial charge in [0, 0.05) is 18.5 Å². The van der Waals surface area contributed by atoms with E-state index in [2.05, 4.69) is 20.3 Å². The van der Waals surface area contributed by atoms with E-state index < -0.39 is 25.1 Å². The van der Waals surface area contributed by atoms with Crippen LogP contribution in [-0.4, -0.2) is 41.8 Å². The number of benzene rings is 2. The summed E-state index contributed by atoms with van der Waals surface area (Å²) in [4.78, 5) is 23.7. The average Bonchev–Trinajstić information content (AvgIpc) is 3.27. The molecule has 0 saturated heterocycles. The molecular formula is C23H23F2N3O5. The minimum absolute atomic E-state index is 0.00412. The predicted octanol–water partition coefficient (Wildman–Crippen LogP) is 3.48. The minimum Gasteiger partial charge on any atom is -0.456 e. The number of hydrogen-bond donors (Lipinski definition) is 1. The van der Waals surface area contributed by atoms with Crippen LogP contribution in [-0.2, 0) is 27.2 Å². The van der Waals surface area contributed by atoms with Crippen molar-refractivity contribution in [3.8, 4) is 17.2 Å². The zero-order valence-electron chi connectivity index (χ0n) is 17.9. The van der Waals surface area contributed by atoms with Crippen molar-refractivity contribution in [1.82, 2.24) is 15.5 Å². The zero-order chi connectivity index (χ0) is 23.6. The second kappa shape index (κ2) is 11.7. The van der Waals surface area contributed by atoms with Gasteiger partial charge in [-0.2, -0.15) is 8.78 Å². The number of nitrogens with one attached hydrogen (secondary N) is 1. The monoisotopic (exact) mass is 459 g/mol. The maximum Gasteiger partial charge on any atom is 0.387 e. The fourth-order valence-corrected chi connectivity index (χ4v) is 2.83. The lowest BCUT2D eigenvalue weighted by molar-refractivity contribution is -0.148. The third-order valence-corrected chi connectivity index (χ3v) is 4.56. The molecule has 0 radical (unpaired) electrons. The van der Waals surface area contributed by atoms with Crippen LogP contribution >= 0.6 is 0 Å². The molecule has 0 aliphatic rings. The van der Waals surface area contributed by atoms with Crippen LogP contribution in [0.15, 0.2) is 52.9 Å². The Balaban J connectivity index is 1.32. The van der Waals surface area contributed by atoms with Gasteiger partial charge in [-0.1, -0.05) is 29.8 Å². The number of aryl methyl sites for hydroxylation is 2. The van der Waals surface area contributed by atoms with Crippen LogP contribution in [0.2, 0.25) is 0 Å². The number of halogens is 2. The molecule has 0 atom stereocenters. The Kier molecular flexibility index (Phi) is 8.45. The third kappa shape index (κ3) is 7.99. The van der Waals surface area contributed by atoms with Crippen molar-refractivity contribution < 1.29 is 32.3 Å². The third-order valence-electron chi connectivity index (χ3n) is 4.56. The summed E-state index contributed by atoms with van der Waals surface area (Å²) in [7, 11) is 0. The number of ether oxygens (including phenoxy) is 2. The van der Waals surface area contributed by atoms with Gasteiger partial charge in [0.05, 0.1) is 6.42 Å². The number of nitrogens with zero attached hydrogens (tertiary/aromatic N) is 2. The maximum absolute atomic E-state index is 12.1. The van der Waals surface area contributed by atoms with Crippen LogP contribution in [0.4, 0.5) is 8.78 Å². The Labute approximate surface area is 188 Å². The number of amides is 1. The zero-order valence-corrected chi connectivity index (χ0v) is 17.9. The van der Waals surface area contributed by atoms with Crippen LogP contribution < -0.4 is 10.1 Å². The highest BCUT2D eigenvalue weighted by Crippen LogP contribution is 2.19. The normalized spacial score (nSPS) is 10.8. The summed E-state index contributed by atoms with van der Waals surface area (Å²) in [5.41, 5.74) is 2.73. The molecular weight excluding hydrogens is 436 g/mol. The Morgan fingerprint density at radius 1 is 1.03 bits per heavy atom. The lowest BCUT2D eigenvalue weighted by atomic mass is 10.1. The number of esters is 1. The van der Waals surface area contributed by atoms with Crippen LogP contribution in [0.5, 0.6) is 5.75 Å². The molecule has 0 aliphatic heterocycles. The summed E-state index contributed by atoms with van der Waals surface area (Å²) < 4.78 is 39.1. The molecule has 1 heterocycles. The first kappa shape index (κ1) is 23.8. The quantitative estimate of drug-likeness (QED) is 0.438. The number of carbonyl (C=O) groups is 2. The van der Waals surface area contributed by atoms with E-state index in [0.29, 0.717) is 24.7 Å². The molecule has 1 amide bonds. The van der Waals surface area contributed by atoms with Gasteiger partial charge in [-0.15, -0.1) is 10.2 Å². The Morgan fingerprint density at radius 3 is 2.45 bits per heavy atom. The molecule has 1 N–H and O–H groups in total. The van der Waals surface area contributed by atoms with Gasteiger partial charge >= 0.3 is 12.6 Å². The highest BCUT2D eigenvalue weighted by Gasteiger charge is 2.12. The van der Waals surface area contributed by atoms with Gasteiger partial charge in [-0.05, 0) is 43.2 Å². The molecule has 0 aliphatic carbocycles. The first-order valence-electron chi connectivity index (χ1n) is 10.2. The number of carbonyl (C=O) groups excluding carboxylic acids is 2. The molecule has 2 aromatic carbocycles. The minimum atomic E-state index is -2.87. The molecule has 1 aromatic heterocycles. The van der Waals surface area contributed by atoms with Crippen molar-refractivity contribution in [2.75, 3.05) is 13.2 Å². The smallest absolute Gasteiger partial charge is 0.387 e. The lowest BCUT2D eigenvalue weighted by Crippen LogP contribution is -2.30. The first-order chi connectivity index (χ1) is 15.9. The highest BCUT2D eigenvalue weighted by atomic mass is 19.3. The van der Waals surface area contributed by atoms with E-state index >= 15 is 0 Å². The van der Waals surface area contributed by atoms with E-state index in [1.165, 1.54) is 12.1 Å². The van der Waals surface area contributed by atoms with E-state index in [0.717, 1.165) is 16.7 Å². The molecule has 3 aromatic rings. The topological polar surface area (TPSA) is 104 Å². The van der Waals surface area contributed by atoms with E-state index in [-0.39, 0.29) is 18.6 Å². The van der Waals surface area contributed by atoms with E-state index in [1.807, 2.05) is 31.2 Å². The summed E-state index contributed by atoms with van der Waals surface area (Å²) in [5.74, 6) is -0.266. The maximum atomic E-state index is 12.1. The van der Waals surface area contributed by atoms with Crippen molar-refractivity contribution in [3.63, 3.8) is 0 Å². The van der Waals surface area contributed by atoms with Crippen LogP contribution in [0.1, 0.15) is 23.4 Å². The molecule has 174 valence electrons. The van der Waals surface area contributed by atoms with Crippen molar-refractivity contribution in [2.24, 2.45) is 0 Å². The van der Waals surface area contributed by atoms with Gasteiger partial charge < -0.3 is 19.2 Å². The molecule has 3 rings (SSSR count). The first-order valence-corrected chi connectivity index (χ1v) is 10.2. The molecule has 0 bridgehead atoms. The molecule has 0 spiro atoms. The van der Waals surface area contributed by atoms with E-state index in [1.54, 1.807) is 12.1 Å². The van der Waals surface area contributed by atoms with Crippen LogP contribution in [0.25, 0.3) is 11.5 Å². The molecule has 0 unspecified atom stereocenters. The lowest BCUT2D eigenvalue weighted by Gasteiger charge is -2.08. The molecule has 33 heavy (non-hydrogen) atoms. The van der Waals surface area contributed by atoms with Gasteiger partial charge in [0.1, 0.15) is 5.75 Å². The van der Waals surface area contributed by atoms with Gasteiger partial charge in [-0.25, -0.2) is 0 Å². The fourth-order valence-electron chi connectivity index (χ4n) is 2.83. The average molecular weight is 459 g/mol. The van der Waals surface area contributed by atoms with Crippen LogP contribution in [0, 0.1) is 6.92 Å². The number of rotatable bonds is 11. The molecule has 0 fully saturated rings. The van der Waals surface area contributed by atoms with E-state index in [9.17, 15) is 18.4 Å². The highest BCUT2D eigenvalue weighted by molar-refractivity contribution is 5.80. The summed E-state index contributed by atoms with van der Waals surface area (Å²) in [5, 5.41) is 10.5. The Hall–Kier alpha value is -3.82. The fraction of sp³-hybridized carbons (Fsp3) is 0.304. The summed E-state index contributed by atoms with van der Waals surface area (Å²) in [6.07, 6.45) is 0.676. The second-order valence-corrected chi connectivity index (χ2v) is 7.15. The second-order valence-electron chi connectivity index (χ2n) is 7.15. The number of hydrogen-bond acceptors (Lipinski definition) is 7. The molecule has 8 nitrogen and oxygen atoms in total. The molecule has 0 saturated carbocycles. The number of aromatic nitrogens is 2. The van der Waals surface area contributed by atoms with Crippen molar-refractivity contribution in [2.45, 2.75) is 32.8 Å². The number of alkyl halides is 2. The van der Waals surface area contributed by atoms with Crippen molar-refractivity contribution in [3.05, 3.63) is 65.5 Å². The van der Waals surface area contributed by atoms with Crippen molar-refractivity contribution in [1.29, 1.82) is 0 Å². The van der Waals surface area contributed by atoms with Crippen LogP contribution in [0.3, 0.4) is 0 Å². The van der Waals surface area contributed by atoms with Gasteiger partial charge in [0.2, 0.25) is 11.8 Å². The largest absolute Gasteiger partial charge is 0.456 e. The van der Waals surface area contributed by atoms with Gasteiger partial charge in [0.25, 0.3) is 5.91 Å². The van der Waals surface area contributed by atoms with Crippen molar-refractivity contribution >= 4 is 11.9 Å². The molecule has 10 heteroatoms. The SMILES string of the molecule is Cc1ccc(-c2nnc(CCC(=O)OCC(=O)NCCc3ccc(OC(F)F)cc3)o2)cc1. The Bertz CT molecular complexity index is 1050. The summed E-state index contributed by atoms with van der Waals surface area (Å²) in [6, 6.07) is 13.7. The standard InChI is InChI=1S/C23H23F2N3O5/c1-15-2-6-17(7-3-15)22-28-27-20(33-22)10-11-21(30)31-14-19(29)26-13-12-16-4-8-18(9-5-16)32-23(24)25/h2-9,23H,10-14H2,1H3,(H,26,29). The summed E-state index contributed by atoms with van der Waals surface area (Å²) in [6.45, 7) is -1.00. The van der Waals surface area contributed by atoms with E-state index in [4.69, 9.17) is 9.15 Å². The Morgan fingerprint density at radius 2 is 1.76 bits per heavy atom. The van der Waals surface area contributed by atoms with Gasteiger partial charge in [-0.3, -0.25) is 9.59 Å². The predicted molar refractivity (Wildman–Crippen MR) is 114 cm³/mol. The summed E-state index contributed by atoms with van der Waals surface area (Å²) >= 11 is 0. The van der Waals surface area contributed by atoms with Gasteiger partial charge in [0.15, 0.2) is 6.61 Å².